The van der Waals surface area contributed by atoms with Crippen molar-refractivity contribution in [3.8, 4) is 17.0 Å². The summed E-state index contributed by atoms with van der Waals surface area (Å²) in [5, 5.41) is 2.75. The zero-order chi connectivity index (χ0) is 17.8. The Labute approximate surface area is 143 Å². The lowest BCUT2D eigenvalue weighted by atomic mass is 10.1. The highest BCUT2D eigenvalue weighted by Gasteiger charge is 2.19. The Kier molecular flexibility index (Phi) is 4.47. The molecule has 0 saturated carbocycles. The van der Waals surface area contributed by atoms with Crippen LogP contribution in [0.3, 0.4) is 0 Å². The first kappa shape index (κ1) is 16.3. The van der Waals surface area contributed by atoms with Gasteiger partial charge in [0.25, 0.3) is 5.91 Å². The number of hydrogen-bond donors (Lipinski definition) is 3. The molecule has 0 spiro atoms. The minimum Gasteiger partial charge on any atom is -0.497 e. The number of nitrogen functional groups attached to an aromatic ring is 1. The first-order valence-electron chi connectivity index (χ1n) is 7.49. The summed E-state index contributed by atoms with van der Waals surface area (Å²) in [6.45, 7) is 0. The molecule has 2 aromatic carbocycles. The molecule has 1 amide bonds. The van der Waals surface area contributed by atoms with Gasteiger partial charge in [0.15, 0.2) is 0 Å². The van der Waals surface area contributed by atoms with Crippen LogP contribution in [0.2, 0.25) is 0 Å². The standard InChI is InChI=1S/C18H16N4O3/c1-25-13-9-7-11(8-10-13)15-14(16(19)22-18(24)21-15)17(23)20-12-5-3-2-4-6-12/h2-10H,1H3,(H,20,23)(H3,19,21,22,24). The second kappa shape index (κ2) is 6.88. The summed E-state index contributed by atoms with van der Waals surface area (Å²) in [5.74, 6) is 0.0599. The van der Waals surface area contributed by atoms with Gasteiger partial charge in [0.1, 0.15) is 17.1 Å². The van der Waals surface area contributed by atoms with Crippen molar-refractivity contribution in [1.82, 2.24) is 9.97 Å². The topological polar surface area (TPSA) is 110 Å². The second-order valence-corrected chi connectivity index (χ2v) is 5.23. The summed E-state index contributed by atoms with van der Waals surface area (Å²) in [5.41, 5.74) is 6.86. The summed E-state index contributed by atoms with van der Waals surface area (Å²) in [4.78, 5) is 30.6. The Bertz CT molecular complexity index is 950. The zero-order valence-electron chi connectivity index (χ0n) is 13.4. The van der Waals surface area contributed by atoms with Crippen LogP contribution in [0.1, 0.15) is 10.4 Å². The molecule has 3 aromatic rings. The van der Waals surface area contributed by atoms with Crippen LogP contribution < -0.4 is 21.5 Å². The van der Waals surface area contributed by atoms with Crippen molar-refractivity contribution >= 4 is 17.4 Å². The van der Waals surface area contributed by atoms with Crippen molar-refractivity contribution in [2.75, 3.05) is 18.2 Å². The van der Waals surface area contributed by atoms with E-state index in [0.717, 1.165) is 0 Å². The number of methoxy groups -OCH3 is 1. The number of carbonyl (C=O) groups is 1. The Morgan fingerprint density at radius 1 is 1.12 bits per heavy atom. The van der Waals surface area contributed by atoms with Crippen LogP contribution in [0, 0.1) is 0 Å². The number of aromatic nitrogens is 2. The third-order valence-electron chi connectivity index (χ3n) is 3.60. The highest BCUT2D eigenvalue weighted by Crippen LogP contribution is 2.26. The quantitative estimate of drug-likeness (QED) is 0.677. The molecule has 1 heterocycles. The smallest absolute Gasteiger partial charge is 0.347 e. The average Bonchev–Trinajstić information content (AvgIpc) is 2.62. The lowest BCUT2D eigenvalue weighted by molar-refractivity contribution is 0.102. The number of ether oxygens (including phenoxy) is 1. The summed E-state index contributed by atoms with van der Waals surface area (Å²) < 4.78 is 5.12. The second-order valence-electron chi connectivity index (χ2n) is 5.23. The zero-order valence-corrected chi connectivity index (χ0v) is 13.4. The third kappa shape index (κ3) is 3.50. The van der Waals surface area contributed by atoms with E-state index in [1.165, 1.54) is 0 Å². The number of H-pyrrole nitrogens is 1. The molecule has 0 unspecified atom stereocenters. The highest BCUT2D eigenvalue weighted by molar-refractivity contribution is 6.11. The van der Waals surface area contributed by atoms with Crippen LogP contribution in [0.5, 0.6) is 5.75 Å². The molecule has 3 rings (SSSR count). The fourth-order valence-electron chi connectivity index (χ4n) is 2.41. The molecule has 1 aromatic heterocycles. The van der Waals surface area contributed by atoms with Crippen molar-refractivity contribution in [3.05, 3.63) is 70.6 Å². The predicted molar refractivity (Wildman–Crippen MR) is 95.7 cm³/mol. The van der Waals surface area contributed by atoms with Crippen molar-refractivity contribution < 1.29 is 9.53 Å². The number of nitrogens with one attached hydrogen (secondary N) is 2. The minimum atomic E-state index is -0.625. The SMILES string of the molecule is COc1ccc(-c2[nH]c(=O)nc(N)c2C(=O)Nc2ccccc2)cc1. The number of para-hydroxylation sites is 1. The molecule has 0 atom stereocenters. The molecule has 0 fully saturated rings. The van der Waals surface area contributed by atoms with Gasteiger partial charge in [-0.15, -0.1) is 0 Å². The van der Waals surface area contributed by atoms with Crippen LogP contribution in [-0.4, -0.2) is 23.0 Å². The van der Waals surface area contributed by atoms with Gasteiger partial charge in [-0.3, -0.25) is 4.79 Å². The van der Waals surface area contributed by atoms with Crippen LogP contribution in [0.25, 0.3) is 11.3 Å². The van der Waals surface area contributed by atoms with E-state index >= 15 is 0 Å². The van der Waals surface area contributed by atoms with E-state index in [-0.39, 0.29) is 11.4 Å². The summed E-state index contributed by atoms with van der Waals surface area (Å²) in [6, 6.07) is 15.8. The molecule has 0 aliphatic heterocycles. The Hall–Kier alpha value is -3.61. The molecule has 7 heteroatoms. The van der Waals surface area contributed by atoms with Crippen molar-refractivity contribution in [2.24, 2.45) is 0 Å². The Balaban J connectivity index is 2.06. The van der Waals surface area contributed by atoms with Gasteiger partial charge < -0.3 is 20.8 Å². The van der Waals surface area contributed by atoms with Gasteiger partial charge >= 0.3 is 5.69 Å². The number of hydrogen-bond acceptors (Lipinski definition) is 5. The summed E-state index contributed by atoms with van der Waals surface area (Å²) in [7, 11) is 1.56. The molecular formula is C18H16N4O3. The van der Waals surface area contributed by atoms with Gasteiger partial charge in [-0.25, -0.2) is 4.79 Å². The Morgan fingerprint density at radius 3 is 2.44 bits per heavy atom. The maximum absolute atomic E-state index is 12.7. The number of aromatic amines is 1. The molecule has 0 aliphatic rings. The lowest BCUT2D eigenvalue weighted by Gasteiger charge is -2.12. The number of benzene rings is 2. The molecule has 0 saturated heterocycles. The van der Waals surface area contributed by atoms with Gasteiger partial charge in [-0.05, 0) is 42.0 Å². The largest absolute Gasteiger partial charge is 0.497 e. The number of nitrogens with zero attached hydrogens (tertiary/aromatic N) is 1. The number of nitrogens with two attached hydrogens (primary N) is 1. The molecule has 4 N–H and O–H groups in total. The van der Waals surface area contributed by atoms with E-state index < -0.39 is 11.6 Å². The van der Waals surface area contributed by atoms with Gasteiger partial charge in [-0.1, -0.05) is 18.2 Å². The van der Waals surface area contributed by atoms with Crippen LogP contribution in [0.4, 0.5) is 11.5 Å². The van der Waals surface area contributed by atoms with E-state index in [2.05, 4.69) is 15.3 Å². The summed E-state index contributed by atoms with van der Waals surface area (Å²) in [6.07, 6.45) is 0. The fourth-order valence-corrected chi connectivity index (χ4v) is 2.41. The molecule has 25 heavy (non-hydrogen) atoms. The van der Waals surface area contributed by atoms with Gasteiger partial charge in [0, 0.05) is 5.69 Å². The number of amides is 1. The average molecular weight is 336 g/mol. The van der Waals surface area contributed by atoms with E-state index in [4.69, 9.17) is 10.5 Å². The molecule has 126 valence electrons. The van der Waals surface area contributed by atoms with Gasteiger partial charge in [0.2, 0.25) is 0 Å². The maximum atomic E-state index is 12.7. The van der Waals surface area contributed by atoms with Gasteiger partial charge in [0.05, 0.1) is 12.8 Å². The van der Waals surface area contributed by atoms with Crippen molar-refractivity contribution in [3.63, 3.8) is 0 Å². The predicted octanol–water partition coefficient (Wildman–Crippen LogP) is 2.28. The van der Waals surface area contributed by atoms with Gasteiger partial charge in [-0.2, -0.15) is 4.98 Å². The normalized spacial score (nSPS) is 10.3. The van der Waals surface area contributed by atoms with Crippen LogP contribution in [0.15, 0.2) is 59.4 Å². The number of anilines is 2. The molecule has 0 radical (unpaired) electrons. The first-order valence-corrected chi connectivity index (χ1v) is 7.49. The Morgan fingerprint density at radius 2 is 1.80 bits per heavy atom. The minimum absolute atomic E-state index is 0.105. The maximum Gasteiger partial charge on any atom is 0.347 e. The lowest BCUT2D eigenvalue weighted by Crippen LogP contribution is -2.22. The summed E-state index contributed by atoms with van der Waals surface area (Å²) >= 11 is 0. The number of rotatable bonds is 4. The van der Waals surface area contributed by atoms with Crippen LogP contribution in [-0.2, 0) is 0 Å². The van der Waals surface area contributed by atoms with Crippen molar-refractivity contribution in [2.45, 2.75) is 0 Å². The third-order valence-corrected chi connectivity index (χ3v) is 3.60. The molecular weight excluding hydrogens is 320 g/mol. The molecule has 0 bridgehead atoms. The monoisotopic (exact) mass is 336 g/mol. The van der Waals surface area contributed by atoms with E-state index in [1.807, 2.05) is 6.07 Å². The van der Waals surface area contributed by atoms with E-state index in [9.17, 15) is 9.59 Å². The van der Waals surface area contributed by atoms with E-state index in [1.54, 1.807) is 55.6 Å². The fraction of sp³-hybridized carbons (Fsp3) is 0.0556. The van der Waals surface area contributed by atoms with Crippen molar-refractivity contribution in [1.29, 1.82) is 0 Å². The molecule has 0 aliphatic carbocycles. The highest BCUT2D eigenvalue weighted by atomic mass is 16.5. The van der Waals surface area contributed by atoms with E-state index in [0.29, 0.717) is 22.7 Å². The first-order chi connectivity index (χ1) is 12.1. The van der Waals surface area contributed by atoms with Crippen LogP contribution >= 0.6 is 0 Å². The molecule has 7 nitrogen and oxygen atoms in total. The number of carbonyl (C=O) groups excluding carboxylic acids is 1.